The Morgan fingerprint density at radius 2 is 2.04 bits per heavy atom. The molecule has 1 atom stereocenters. The maximum atomic E-state index is 12.2. The van der Waals surface area contributed by atoms with Crippen LogP contribution in [0.2, 0.25) is 5.02 Å². The number of hydrogen-bond donors (Lipinski definition) is 1. The second kappa shape index (κ2) is 7.36. The predicted molar refractivity (Wildman–Crippen MR) is 93.5 cm³/mol. The predicted octanol–water partition coefficient (Wildman–Crippen LogP) is 2.15. The first-order valence-corrected chi connectivity index (χ1v) is 8.58. The van der Waals surface area contributed by atoms with E-state index in [1.165, 1.54) is 0 Å². The van der Waals surface area contributed by atoms with Crippen molar-refractivity contribution in [3.63, 3.8) is 0 Å². The van der Waals surface area contributed by atoms with Crippen molar-refractivity contribution in [3.05, 3.63) is 35.2 Å². The lowest BCUT2D eigenvalue weighted by molar-refractivity contribution is -0.149. The van der Waals surface area contributed by atoms with Gasteiger partial charge in [-0.2, -0.15) is 4.98 Å². The second-order valence-corrected chi connectivity index (χ2v) is 6.62. The van der Waals surface area contributed by atoms with Crippen LogP contribution in [-0.2, 0) is 20.9 Å². The van der Waals surface area contributed by atoms with Crippen LogP contribution < -0.4 is 5.32 Å². The second-order valence-electron chi connectivity index (χ2n) is 6.19. The number of carbonyl (C=O) groups is 3. The average molecular weight is 393 g/mol. The largest absolute Gasteiger partial charge is 0.454 e. The van der Waals surface area contributed by atoms with E-state index in [1.807, 2.05) is 0 Å². The van der Waals surface area contributed by atoms with E-state index in [0.717, 1.165) is 4.90 Å². The van der Waals surface area contributed by atoms with Crippen LogP contribution in [0.25, 0.3) is 11.4 Å². The molecule has 9 nitrogen and oxygen atoms in total. The highest BCUT2D eigenvalue weighted by atomic mass is 35.5. The molecule has 0 unspecified atom stereocenters. The van der Waals surface area contributed by atoms with Gasteiger partial charge in [-0.05, 0) is 37.6 Å². The number of nitrogens with zero attached hydrogens (tertiary/aromatic N) is 3. The van der Waals surface area contributed by atoms with Crippen LogP contribution in [0.4, 0.5) is 4.79 Å². The molecular weight excluding hydrogens is 376 g/mol. The molecule has 1 saturated heterocycles. The van der Waals surface area contributed by atoms with Gasteiger partial charge in [-0.3, -0.25) is 14.5 Å². The number of benzene rings is 1. The van der Waals surface area contributed by atoms with Gasteiger partial charge in [-0.15, -0.1) is 0 Å². The number of ether oxygens (including phenoxy) is 1. The standard InChI is InChI=1S/C17H17ClN4O5/c1-3-17(2)15(24)22(16(25)20-17)8-13(23)26-9-12-19-14(21-27-12)10-4-6-11(18)7-5-10/h4-7H,3,8-9H2,1-2H3,(H,20,25)/t17-/m0/s1. The molecule has 3 rings (SSSR count). The molecule has 10 heteroatoms. The summed E-state index contributed by atoms with van der Waals surface area (Å²) in [4.78, 5) is 41.1. The van der Waals surface area contributed by atoms with Crippen molar-refractivity contribution in [2.45, 2.75) is 32.4 Å². The van der Waals surface area contributed by atoms with Crippen LogP contribution in [0.15, 0.2) is 28.8 Å². The molecule has 27 heavy (non-hydrogen) atoms. The lowest BCUT2D eigenvalue weighted by atomic mass is 9.99. The number of hydrogen-bond acceptors (Lipinski definition) is 7. The molecule has 1 N–H and O–H groups in total. The normalized spacial score (nSPS) is 19.3. The number of rotatable bonds is 6. The minimum Gasteiger partial charge on any atom is -0.454 e. The van der Waals surface area contributed by atoms with E-state index >= 15 is 0 Å². The van der Waals surface area contributed by atoms with Crippen molar-refractivity contribution in [2.75, 3.05) is 6.54 Å². The van der Waals surface area contributed by atoms with Crippen molar-refractivity contribution in [1.29, 1.82) is 0 Å². The molecule has 142 valence electrons. The number of imide groups is 1. The minimum atomic E-state index is -1.00. The van der Waals surface area contributed by atoms with Gasteiger partial charge in [-0.1, -0.05) is 23.7 Å². The summed E-state index contributed by atoms with van der Waals surface area (Å²) in [6.07, 6.45) is 0.415. The molecule has 0 radical (unpaired) electrons. The summed E-state index contributed by atoms with van der Waals surface area (Å²) in [6.45, 7) is 2.62. The third-order valence-electron chi connectivity index (χ3n) is 4.27. The first-order chi connectivity index (χ1) is 12.8. The molecule has 0 aliphatic carbocycles. The first-order valence-electron chi connectivity index (χ1n) is 8.20. The maximum Gasteiger partial charge on any atom is 0.326 e. The lowest BCUT2D eigenvalue weighted by Gasteiger charge is -2.18. The summed E-state index contributed by atoms with van der Waals surface area (Å²) in [5.74, 6) is -0.811. The SMILES string of the molecule is CC[C@]1(C)NC(=O)N(CC(=O)OCc2nc(-c3ccc(Cl)cc3)no2)C1=O. The molecule has 1 aliphatic rings. The zero-order valence-corrected chi connectivity index (χ0v) is 15.4. The Hall–Kier alpha value is -2.94. The Bertz CT molecular complexity index is 882. The molecule has 1 aromatic heterocycles. The zero-order valence-electron chi connectivity index (χ0n) is 14.7. The molecule has 3 amide bonds. The number of halogens is 1. The van der Waals surface area contributed by atoms with Crippen LogP contribution in [-0.4, -0.2) is 45.0 Å². The van der Waals surface area contributed by atoms with Crippen LogP contribution in [0.5, 0.6) is 0 Å². The van der Waals surface area contributed by atoms with E-state index < -0.39 is 30.0 Å². The molecule has 1 fully saturated rings. The number of nitrogens with one attached hydrogen (secondary N) is 1. The third-order valence-corrected chi connectivity index (χ3v) is 4.52. The molecule has 0 saturated carbocycles. The third kappa shape index (κ3) is 3.92. The van der Waals surface area contributed by atoms with Gasteiger partial charge in [0.25, 0.3) is 11.8 Å². The minimum absolute atomic E-state index is 0.0869. The van der Waals surface area contributed by atoms with E-state index in [4.69, 9.17) is 20.9 Å². The van der Waals surface area contributed by atoms with E-state index in [9.17, 15) is 14.4 Å². The summed E-state index contributed by atoms with van der Waals surface area (Å²) in [5, 5.41) is 6.95. The summed E-state index contributed by atoms with van der Waals surface area (Å²) in [6, 6.07) is 6.21. The van der Waals surface area contributed by atoms with E-state index in [2.05, 4.69) is 15.5 Å². The van der Waals surface area contributed by atoms with Crippen LogP contribution in [0, 0.1) is 0 Å². The van der Waals surface area contributed by atoms with Crippen LogP contribution in [0.3, 0.4) is 0 Å². The maximum absolute atomic E-state index is 12.2. The molecule has 2 aromatic rings. The summed E-state index contributed by atoms with van der Waals surface area (Å²) in [5.41, 5.74) is -0.309. The highest BCUT2D eigenvalue weighted by molar-refractivity contribution is 6.30. The molecular formula is C17H17ClN4O5. The smallest absolute Gasteiger partial charge is 0.326 e. The van der Waals surface area contributed by atoms with Crippen molar-refractivity contribution in [3.8, 4) is 11.4 Å². The fourth-order valence-electron chi connectivity index (χ4n) is 2.48. The Labute approximate surface area is 159 Å². The highest BCUT2D eigenvalue weighted by Crippen LogP contribution is 2.21. The Morgan fingerprint density at radius 3 is 2.67 bits per heavy atom. The molecule has 1 aromatic carbocycles. The summed E-state index contributed by atoms with van der Waals surface area (Å²) < 4.78 is 10.1. The Kier molecular flexibility index (Phi) is 5.13. The molecule has 2 heterocycles. The summed E-state index contributed by atoms with van der Waals surface area (Å²) >= 11 is 5.83. The van der Waals surface area contributed by atoms with E-state index in [-0.39, 0.29) is 12.5 Å². The Balaban J connectivity index is 1.56. The number of carbonyl (C=O) groups excluding carboxylic acids is 3. The van der Waals surface area contributed by atoms with Gasteiger partial charge in [0.1, 0.15) is 12.1 Å². The van der Waals surface area contributed by atoms with Gasteiger partial charge in [0.2, 0.25) is 5.82 Å². The van der Waals surface area contributed by atoms with Crippen LogP contribution in [0.1, 0.15) is 26.2 Å². The fraction of sp³-hybridized carbons (Fsp3) is 0.353. The van der Waals surface area contributed by atoms with Gasteiger partial charge in [0, 0.05) is 10.6 Å². The van der Waals surface area contributed by atoms with Crippen LogP contribution >= 0.6 is 11.6 Å². The quantitative estimate of drug-likeness (QED) is 0.591. The van der Waals surface area contributed by atoms with E-state index in [1.54, 1.807) is 38.1 Å². The monoisotopic (exact) mass is 392 g/mol. The highest BCUT2D eigenvalue weighted by Gasteiger charge is 2.47. The summed E-state index contributed by atoms with van der Waals surface area (Å²) in [7, 11) is 0. The lowest BCUT2D eigenvalue weighted by Crippen LogP contribution is -2.43. The number of amides is 3. The Morgan fingerprint density at radius 1 is 1.33 bits per heavy atom. The molecule has 0 bridgehead atoms. The van der Waals surface area contributed by atoms with Gasteiger partial charge < -0.3 is 14.6 Å². The van der Waals surface area contributed by atoms with Gasteiger partial charge >= 0.3 is 12.0 Å². The van der Waals surface area contributed by atoms with Gasteiger partial charge in [0.15, 0.2) is 6.61 Å². The van der Waals surface area contributed by atoms with Crippen molar-refractivity contribution in [2.24, 2.45) is 0 Å². The first kappa shape index (κ1) is 18.8. The number of esters is 1. The average Bonchev–Trinajstić information content (AvgIpc) is 3.20. The van der Waals surface area contributed by atoms with Crippen molar-refractivity contribution < 1.29 is 23.6 Å². The van der Waals surface area contributed by atoms with Crippen molar-refractivity contribution in [1.82, 2.24) is 20.4 Å². The fourth-order valence-corrected chi connectivity index (χ4v) is 2.60. The number of aromatic nitrogens is 2. The topological polar surface area (TPSA) is 115 Å². The zero-order chi connectivity index (χ0) is 19.6. The van der Waals surface area contributed by atoms with E-state index in [0.29, 0.717) is 22.8 Å². The van der Waals surface area contributed by atoms with Crippen molar-refractivity contribution >= 4 is 29.5 Å². The number of urea groups is 1. The molecule has 0 spiro atoms. The van der Waals surface area contributed by atoms with Gasteiger partial charge in [-0.25, -0.2) is 4.79 Å². The van der Waals surface area contributed by atoms with Gasteiger partial charge in [0.05, 0.1) is 0 Å². The molecule has 1 aliphatic heterocycles.